The van der Waals surface area contributed by atoms with E-state index in [9.17, 15) is 8.42 Å². The van der Waals surface area contributed by atoms with Crippen LogP contribution in [0.15, 0.2) is 4.99 Å². The van der Waals surface area contributed by atoms with E-state index in [-0.39, 0.29) is 18.4 Å². The molecule has 0 aromatic carbocycles. The maximum atomic E-state index is 12.2. The van der Waals surface area contributed by atoms with Crippen molar-refractivity contribution in [2.24, 2.45) is 10.9 Å². The summed E-state index contributed by atoms with van der Waals surface area (Å²) in [5.41, 5.74) is 0. The van der Waals surface area contributed by atoms with Gasteiger partial charge in [0.05, 0.1) is 25.0 Å². The highest BCUT2D eigenvalue weighted by atomic mass is 32.2. The van der Waals surface area contributed by atoms with Crippen LogP contribution in [-0.4, -0.2) is 84.2 Å². The number of aliphatic imine (C=N–C) groups is 1. The third-order valence-electron chi connectivity index (χ3n) is 4.68. The van der Waals surface area contributed by atoms with Gasteiger partial charge in [0.1, 0.15) is 0 Å². The molecule has 0 aromatic rings. The number of nitrogens with zero attached hydrogens (tertiary/aromatic N) is 2. The van der Waals surface area contributed by atoms with Crippen LogP contribution in [0.2, 0.25) is 0 Å². The Kier molecular flexibility index (Phi) is 9.10. The average molecular weight is 391 g/mol. The number of sulfonamides is 1. The van der Waals surface area contributed by atoms with E-state index < -0.39 is 10.0 Å². The minimum absolute atomic E-state index is 0.000825. The summed E-state index contributed by atoms with van der Waals surface area (Å²) in [6.07, 6.45) is 4.14. The predicted octanol–water partition coefficient (Wildman–Crippen LogP) is 0.409. The van der Waals surface area contributed by atoms with E-state index in [2.05, 4.69) is 19.9 Å². The summed E-state index contributed by atoms with van der Waals surface area (Å²) in [6.45, 7) is 6.52. The van der Waals surface area contributed by atoms with Gasteiger partial charge in [0.15, 0.2) is 5.96 Å². The molecule has 8 nitrogen and oxygen atoms in total. The average Bonchev–Trinajstić information content (AvgIpc) is 3.13. The van der Waals surface area contributed by atoms with E-state index in [4.69, 9.17) is 9.47 Å². The molecule has 2 aliphatic heterocycles. The summed E-state index contributed by atoms with van der Waals surface area (Å²) < 4.78 is 38.0. The van der Waals surface area contributed by atoms with E-state index in [1.165, 1.54) is 0 Å². The number of guanidine groups is 1. The highest BCUT2D eigenvalue weighted by Crippen LogP contribution is 2.13. The summed E-state index contributed by atoms with van der Waals surface area (Å²) in [6, 6.07) is 0. The Hall–Kier alpha value is -0.900. The molecule has 9 heteroatoms. The van der Waals surface area contributed by atoms with Crippen molar-refractivity contribution in [3.05, 3.63) is 0 Å². The molecule has 0 aromatic heterocycles. The minimum atomic E-state index is -3.34. The van der Waals surface area contributed by atoms with Gasteiger partial charge in [0.2, 0.25) is 10.0 Å². The Morgan fingerprint density at radius 2 is 2.12 bits per heavy atom. The number of hydrogen-bond donors (Lipinski definition) is 2. The molecule has 0 spiro atoms. The first-order valence-electron chi connectivity index (χ1n) is 9.66. The first-order valence-corrected chi connectivity index (χ1v) is 11.3. The fraction of sp³-hybridized carbons (Fsp3) is 0.941. The molecule has 0 saturated carbocycles. The van der Waals surface area contributed by atoms with Crippen LogP contribution in [0.4, 0.5) is 0 Å². The molecule has 2 aliphatic rings. The molecule has 0 aliphatic carbocycles. The number of ether oxygens (including phenoxy) is 2. The Morgan fingerprint density at radius 1 is 1.27 bits per heavy atom. The quantitative estimate of drug-likeness (QED) is 0.438. The van der Waals surface area contributed by atoms with Gasteiger partial charge >= 0.3 is 0 Å². The zero-order valence-electron chi connectivity index (χ0n) is 16.1. The molecular formula is C17H34N4O4S. The molecule has 2 fully saturated rings. The largest absolute Gasteiger partial charge is 0.381 e. The topological polar surface area (TPSA) is 92.3 Å². The lowest BCUT2D eigenvalue weighted by molar-refractivity contribution is 0.0200. The van der Waals surface area contributed by atoms with Crippen LogP contribution in [0.5, 0.6) is 0 Å². The van der Waals surface area contributed by atoms with E-state index in [1.807, 2.05) is 14.0 Å². The lowest BCUT2D eigenvalue weighted by atomic mass is 10.1. The molecule has 2 heterocycles. The third-order valence-corrected chi connectivity index (χ3v) is 6.01. The van der Waals surface area contributed by atoms with E-state index >= 15 is 0 Å². The molecular weight excluding hydrogens is 356 g/mol. The maximum Gasteiger partial charge on any atom is 0.213 e. The molecule has 2 rings (SSSR count). The van der Waals surface area contributed by atoms with Crippen molar-refractivity contribution in [1.29, 1.82) is 0 Å². The summed E-state index contributed by atoms with van der Waals surface area (Å²) in [7, 11) is -1.36. The standard InChI is InChI=1S/C17H34N4O4S/c1-3-18-17(21(2)13-15-7-10-24-14-15)19-8-11-26(22,23)20-12-16-6-4-5-9-25-16/h15-16,20H,3-14H2,1-2H3,(H,18,19). The monoisotopic (exact) mass is 390 g/mol. The molecule has 2 atom stereocenters. The minimum Gasteiger partial charge on any atom is -0.381 e. The van der Waals surface area contributed by atoms with Crippen molar-refractivity contribution < 1.29 is 17.9 Å². The van der Waals surface area contributed by atoms with Crippen molar-refractivity contribution in [3.8, 4) is 0 Å². The van der Waals surface area contributed by atoms with Gasteiger partial charge in [-0.1, -0.05) is 0 Å². The summed E-state index contributed by atoms with van der Waals surface area (Å²) in [5.74, 6) is 1.23. The van der Waals surface area contributed by atoms with Gasteiger partial charge in [0.25, 0.3) is 0 Å². The Morgan fingerprint density at radius 3 is 2.77 bits per heavy atom. The molecule has 0 bridgehead atoms. The van der Waals surface area contributed by atoms with Crippen molar-refractivity contribution >= 4 is 16.0 Å². The van der Waals surface area contributed by atoms with Crippen molar-refractivity contribution in [2.45, 2.75) is 38.7 Å². The lowest BCUT2D eigenvalue weighted by Gasteiger charge is -2.24. The highest BCUT2D eigenvalue weighted by Gasteiger charge is 2.20. The summed E-state index contributed by atoms with van der Waals surface area (Å²) in [4.78, 5) is 6.53. The first kappa shape index (κ1) is 21.4. The van der Waals surface area contributed by atoms with Crippen LogP contribution in [0, 0.1) is 5.92 Å². The molecule has 2 N–H and O–H groups in total. The Labute approximate surface area is 157 Å². The molecule has 2 saturated heterocycles. The molecule has 152 valence electrons. The van der Waals surface area contributed by atoms with Crippen LogP contribution < -0.4 is 10.0 Å². The zero-order chi connectivity index (χ0) is 18.8. The van der Waals surface area contributed by atoms with Crippen LogP contribution >= 0.6 is 0 Å². The van der Waals surface area contributed by atoms with Gasteiger partial charge in [0, 0.05) is 45.8 Å². The van der Waals surface area contributed by atoms with Gasteiger partial charge < -0.3 is 19.7 Å². The third kappa shape index (κ3) is 7.77. The van der Waals surface area contributed by atoms with Gasteiger partial charge in [-0.3, -0.25) is 4.99 Å². The van der Waals surface area contributed by atoms with Gasteiger partial charge in [-0.2, -0.15) is 0 Å². The van der Waals surface area contributed by atoms with Crippen molar-refractivity contribution in [1.82, 2.24) is 14.9 Å². The second-order valence-corrected chi connectivity index (χ2v) is 8.93. The highest BCUT2D eigenvalue weighted by molar-refractivity contribution is 7.89. The Bertz CT molecular complexity index is 529. The van der Waals surface area contributed by atoms with Crippen molar-refractivity contribution in [3.63, 3.8) is 0 Å². The van der Waals surface area contributed by atoms with E-state index in [0.29, 0.717) is 12.5 Å². The lowest BCUT2D eigenvalue weighted by Crippen LogP contribution is -2.42. The van der Waals surface area contributed by atoms with Crippen LogP contribution in [0.25, 0.3) is 0 Å². The predicted molar refractivity (Wildman–Crippen MR) is 103 cm³/mol. The first-order chi connectivity index (χ1) is 12.5. The molecule has 0 radical (unpaired) electrons. The zero-order valence-corrected chi connectivity index (χ0v) is 16.9. The van der Waals surface area contributed by atoms with Crippen molar-refractivity contribution in [2.75, 3.05) is 58.8 Å². The molecule has 26 heavy (non-hydrogen) atoms. The van der Waals surface area contributed by atoms with E-state index in [0.717, 1.165) is 64.6 Å². The summed E-state index contributed by atoms with van der Waals surface area (Å²) in [5, 5.41) is 3.23. The van der Waals surface area contributed by atoms with Gasteiger partial charge in [-0.25, -0.2) is 13.1 Å². The number of hydrogen-bond acceptors (Lipinski definition) is 5. The molecule has 2 unspecified atom stereocenters. The van der Waals surface area contributed by atoms with E-state index in [1.54, 1.807) is 0 Å². The maximum absolute atomic E-state index is 12.2. The number of nitrogens with one attached hydrogen (secondary N) is 2. The fourth-order valence-electron chi connectivity index (χ4n) is 3.20. The second-order valence-electron chi connectivity index (χ2n) is 7.00. The van der Waals surface area contributed by atoms with Gasteiger partial charge in [-0.05, 0) is 32.6 Å². The van der Waals surface area contributed by atoms with Crippen LogP contribution in [-0.2, 0) is 19.5 Å². The summed E-state index contributed by atoms with van der Waals surface area (Å²) >= 11 is 0. The molecule has 0 amide bonds. The SMILES string of the molecule is CCNC(=NCCS(=O)(=O)NCC1CCCCO1)N(C)CC1CCOC1. The van der Waals surface area contributed by atoms with Gasteiger partial charge in [-0.15, -0.1) is 0 Å². The van der Waals surface area contributed by atoms with Crippen LogP contribution in [0.3, 0.4) is 0 Å². The number of rotatable bonds is 9. The normalized spacial score (nSPS) is 24.6. The van der Waals surface area contributed by atoms with Crippen LogP contribution in [0.1, 0.15) is 32.6 Å². The smallest absolute Gasteiger partial charge is 0.213 e. The Balaban J connectivity index is 1.77. The fourth-order valence-corrected chi connectivity index (χ4v) is 4.12. The second kappa shape index (κ2) is 11.1.